The number of anilines is 2. The number of carbonyl (C=O) groups is 1. The van der Waals surface area contributed by atoms with E-state index in [1.165, 1.54) is 24.3 Å². The molecule has 188 valence electrons. The molecule has 0 bridgehead atoms. The van der Waals surface area contributed by atoms with E-state index in [0.29, 0.717) is 16.9 Å². The molecule has 0 radical (unpaired) electrons. The van der Waals surface area contributed by atoms with Gasteiger partial charge in [-0.25, -0.2) is 4.79 Å². The predicted octanol–water partition coefficient (Wildman–Crippen LogP) is 3.69. The first-order valence-electron chi connectivity index (χ1n) is 11.2. The number of hydrogen-bond donors (Lipinski definition) is 3. The van der Waals surface area contributed by atoms with Crippen LogP contribution in [-0.4, -0.2) is 37.2 Å². The molecule has 0 aliphatic heterocycles. The number of aromatic nitrogens is 2. The van der Waals surface area contributed by atoms with Crippen molar-refractivity contribution in [3.63, 3.8) is 0 Å². The smallest absolute Gasteiger partial charge is 0.342 e. The van der Waals surface area contributed by atoms with E-state index in [4.69, 9.17) is 16.2 Å². The molecule has 10 nitrogen and oxygen atoms in total. The summed E-state index contributed by atoms with van der Waals surface area (Å²) in [6.07, 6.45) is 0. The molecule has 0 saturated carbocycles. The monoisotopic (exact) mass is 516 g/mol. The van der Waals surface area contributed by atoms with Crippen molar-refractivity contribution in [2.75, 3.05) is 11.9 Å². The summed E-state index contributed by atoms with van der Waals surface area (Å²) < 4.78 is 33.2. The van der Waals surface area contributed by atoms with Crippen LogP contribution in [0, 0.1) is 0 Å². The number of esters is 1. The molecule has 0 aliphatic rings. The predicted molar refractivity (Wildman–Crippen MR) is 142 cm³/mol. The maximum absolute atomic E-state index is 13.3. The number of nitrogens with zero attached hydrogens (tertiary/aromatic N) is 3. The quantitative estimate of drug-likeness (QED) is 0.180. The van der Waals surface area contributed by atoms with E-state index < -0.39 is 22.0 Å². The van der Waals surface area contributed by atoms with Crippen LogP contribution >= 0.6 is 0 Å². The second-order valence-electron chi connectivity index (χ2n) is 7.74. The van der Waals surface area contributed by atoms with Gasteiger partial charge in [0.05, 0.1) is 11.5 Å². The third-order valence-electron chi connectivity index (χ3n) is 5.20. The number of rotatable bonds is 8. The molecule has 1 aromatic heterocycles. The summed E-state index contributed by atoms with van der Waals surface area (Å²) in [6.45, 7) is 1.88. The SMILES string of the molecule is CCOC(=O)c1c(Nc2ccc(S(=O)(=O)N=C(N)N)cc2)nnc(-c2ccccc2)c1-c1ccccc1. The van der Waals surface area contributed by atoms with Crippen LogP contribution in [0.3, 0.4) is 0 Å². The average Bonchev–Trinajstić information content (AvgIpc) is 2.89. The molecule has 0 aliphatic carbocycles. The summed E-state index contributed by atoms with van der Waals surface area (Å²) >= 11 is 0. The van der Waals surface area contributed by atoms with Crippen LogP contribution in [0.5, 0.6) is 0 Å². The molecule has 37 heavy (non-hydrogen) atoms. The minimum atomic E-state index is -4.05. The average molecular weight is 517 g/mol. The number of nitrogens with two attached hydrogens (primary N) is 2. The summed E-state index contributed by atoms with van der Waals surface area (Å²) in [6, 6.07) is 24.4. The first-order valence-corrected chi connectivity index (χ1v) is 12.7. The van der Waals surface area contributed by atoms with Gasteiger partial charge in [0.15, 0.2) is 5.82 Å². The number of ether oxygens (including phenoxy) is 1. The van der Waals surface area contributed by atoms with Gasteiger partial charge in [-0.05, 0) is 36.8 Å². The van der Waals surface area contributed by atoms with Gasteiger partial charge in [0.25, 0.3) is 10.0 Å². The van der Waals surface area contributed by atoms with Gasteiger partial charge >= 0.3 is 5.97 Å². The molecule has 0 fully saturated rings. The Balaban J connectivity index is 1.86. The zero-order valence-electron chi connectivity index (χ0n) is 19.8. The number of benzene rings is 3. The maximum Gasteiger partial charge on any atom is 0.342 e. The van der Waals surface area contributed by atoms with Crippen molar-refractivity contribution in [1.82, 2.24) is 10.2 Å². The van der Waals surface area contributed by atoms with Gasteiger partial charge in [-0.1, -0.05) is 60.7 Å². The van der Waals surface area contributed by atoms with Crippen LogP contribution < -0.4 is 16.8 Å². The number of nitrogens with one attached hydrogen (secondary N) is 1. The normalized spacial score (nSPS) is 10.9. The third kappa shape index (κ3) is 5.73. The molecule has 0 atom stereocenters. The van der Waals surface area contributed by atoms with Crippen LogP contribution in [0.25, 0.3) is 22.4 Å². The van der Waals surface area contributed by atoms with Gasteiger partial charge in [-0.15, -0.1) is 14.6 Å². The number of hydrogen-bond acceptors (Lipinski definition) is 7. The van der Waals surface area contributed by atoms with Crippen molar-refractivity contribution in [1.29, 1.82) is 0 Å². The zero-order chi connectivity index (χ0) is 26.4. The van der Waals surface area contributed by atoms with Crippen LogP contribution in [0.1, 0.15) is 17.3 Å². The lowest BCUT2D eigenvalue weighted by Gasteiger charge is -2.17. The lowest BCUT2D eigenvalue weighted by Crippen LogP contribution is -2.24. The second kappa shape index (κ2) is 10.9. The fourth-order valence-electron chi connectivity index (χ4n) is 3.65. The van der Waals surface area contributed by atoms with Crippen molar-refractivity contribution in [3.05, 3.63) is 90.5 Å². The standard InChI is InChI=1S/C26H24N6O4S/c1-2-36-25(33)22-21(17-9-5-3-6-10-17)23(18-11-7-4-8-12-18)30-31-24(22)29-19-13-15-20(16-14-19)37(34,35)32-26(27)28/h3-16H,2H2,1H3,(H,29,31)(H4,27,28,32). The summed E-state index contributed by atoms with van der Waals surface area (Å²) in [5.41, 5.74) is 13.7. The Bertz CT molecular complexity index is 1540. The maximum atomic E-state index is 13.3. The fourth-order valence-corrected chi connectivity index (χ4v) is 4.51. The van der Waals surface area contributed by atoms with Crippen LogP contribution in [0.2, 0.25) is 0 Å². The van der Waals surface area contributed by atoms with Gasteiger partial charge in [-0.2, -0.15) is 8.42 Å². The Kier molecular flexibility index (Phi) is 7.44. The molecule has 1 heterocycles. The largest absolute Gasteiger partial charge is 0.462 e. The molecule has 11 heteroatoms. The van der Waals surface area contributed by atoms with E-state index in [2.05, 4.69) is 19.9 Å². The second-order valence-corrected chi connectivity index (χ2v) is 9.34. The Morgan fingerprint density at radius 1 is 0.892 bits per heavy atom. The molecule has 0 unspecified atom stereocenters. The highest BCUT2D eigenvalue weighted by Crippen LogP contribution is 2.37. The molecule has 5 N–H and O–H groups in total. The van der Waals surface area contributed by atoms with Crippen molar-refractivity contribution in [2.45, 2.75) is 11.8 Å². The third-order valence-corrected chi connectivity index (χ3v) is 6.52. The first kappa shape index (κ1) is 25.3. The molecular formula is C26H24N6O4S. The summed E-state index contributed by atoms with van der Waals surface area (Å²) in [7, 11) is -4.05. The summed E-state index contributed by atoms with van der Waals surface area (Å²) in [4.78, 5) is 13.2. The Morgan fingerprint density at radius 2 is 1.49 bits per heavy atom. The van der Waals surface area contributed by atoms with Gasteiger partial charge in [-0.3, -0.25) is 0 Å². The molecule has 0 amide bonds. The van der Waals surface area contributed by atoms with Crippen LogP contribution in [0.15, 0.2) is 94.2 Å². The molecule has 0 spiro atoms. The van der Waals surface area contributed by atoms with Crippen molar-refractivity contribution >= 4 is 33.5 Å². The molecule has 4 aromatic rings. The molecule has 4 rings (SSSR count). The highest BCUT2D eigenvalue weighted by Gasteiger charge is 2.26. The number of carbonyl (C=O) groups excluding carboxylic acids is 1. The van der Waals surface area contributed by atoms with Crippen molar-refractivity contribution in [2.24, 2.45) is 15.9 Å². The van der Waals surface area contributed by atoms with E-state index in [1.807, 2.05) is 60.7 Å². The van der Waals surface area contributed by atoms with E-state index in [9.17, 15) is 13.2 Å². The minimum Gasteiger partial charge on any atom is -0.462 e. The van der Waals surface area contributed by atoms with Gasteiger partial charge < -0.3 is 21.5 Å². The molecular weight excluding hydrogens is 492 g/mol. The fraction of sp³-hybridized carbons (Fsp3) is 0.0769. The lowest BCUT2D eigenvalue weighted by atomic mass is 9.95. The minimum absolute atomic E-state index is 0.104. The summed E-state index contributed by atoms with van der Waals surface area (Å²) in [5.74, 6) is -0.997. The van der Waals surface area contributed by atoms with Crippen LogP contribution in [-0.2, 0) is 14.8 Å². The number of guanidine groups is 1. The molecule has 0 saturated heterocycles. The van der Waals surface area contributed by atoms with E-state index in [1.54, 1.807) is 6.92 Å². The highest BCUT2D eigenvalue weighted by molar-refractivity contribution is 7.90. The van der Waals surface area contributed by atoms with Gasteiger partial charge in [0.1, 0.15) is 11.3 Å². The van der Waals surface area contributed by atoms with Gasteiger partial charge in [0.2, 0.25) is 5.96 Å². The Labute approximate surface area is 214 Å². The van der Waals surface area contributed by atoms with Gasteiger partial charge in [0, 0.05) is 16.8 Å². The van der Waals surface area contributed by atoms with E-state index in [-0.39, 0.29) is 22.9 Å². The van der Waals surface area contributed by atoms with Crippen molar-refractivity contribution in [3.8, 4) is 22.4 Å². The van der Waals surface area contributed by atoms with E-state index in [0.717, 1.165) is 11.1 Å². The molecule has 3 aromatic carbocycles. The number of sulfonamides is 1. The van der Waals surface area contributed by atoms with Crippen LogP contribution in [0.4, 0.5) is 11.5 Å². The topological polar surface area (TPSA) is 163 Å². The Hall–Kier alpha value is -4.77. The summed E-state index contributed by atoms with van der Waals surface area (Å²) in [5, 5.41) is 11.8. The van der Waals surface area contributed by atoms with E-state index >= 15 is 0 Å². The Morgan fingerprint density at radius 3 is 2.05 bits per heavy atom. The van der Waals surface area contributed by atoms with Crippen molar-refractivity contribution < 1.29 is 17.9 Å². The highest BCUT2D eigenvalue weighted by atomic mass is 32.2. The lowest BCUT2D eigenvalue weighted by molar-refractivity contribution is 0.0528. The first-order chi connectivity index (χ1) is 17.8. The zero-order valence-corrected chi connectivity index (χ0v) is 20.6.